The third kappa shape index (κ3) is 4.75. The molecule has 6 aromatic heterocycles. The number of aromatic amines is 2. The molecular weight excluding hydrogens is 520 g/mol. The first-order valence-corrected chi connectivity index (χ1v) is 14.4. The molecule has 200 valence electrons. The van der Waals surface area contributed by atoms with Crippen molar-refractivity contribution in [1.82, 2.24) is 35.1 Å². The first kappa shape index (κ1) is 24.6. The minimum absolute atomic E-state index is 0.0435. The van der Waals surface area contributed by atoms with Crippen LogP contribution < -0.4 is 5.32 Å². The van der Waals surface area contributed by atoms with Gasteiger partial charge >= 0.3 is 0 Å². The normalized spacial score (nSPS) is 14.2. The maximum atomic E-state index is 12.7. The van der Waals surface area contributed by atoms with Crippen molar-refractivity contribution < 1.29 is 4.79 Å². The van der Waals surface area contributed by atoms with Crippen molar-refractivity contribution in [3.63, 3.8) is 0 Å². The zero-order valence-corrected chi connectivity index (χ0v) is 22.9. The van der Waals surface area contributed by atoms with Gasteiger partial charge in [0.1, 0.15) is 5.52 Å². The Bertz CT molecular complexity index is 1850. The van der Waals surface area contributed by atoms with E-state index >= 15 is 0 Å². The van der Waals surface area contributed by atoms with E-state index in [1.165, 1.54) is 24.1 Å². The third-order valence-corrected chi connectivity index (χ3v) is 8.58. The molecule has 1 aliphatic carbocycles. The van der Waals surface area contributed by atoms with Crippen LogP contribution in [-0.4, -0.2) is 41.0 Å². The summed E-state index contributed by atoms with van der Waals surface area (Å²) < 4.78 is 0. The summed E-state index contributed by atoms with van der Waals surface area (Å²) in [6.07, 6.45) is 11.8. The lowest BCUT2D eigenvalue weighted by molar-refractivity contribution is -0.117. The van der Waals surface area contributed by atoms with Crippen LogP contribution in [0.4, 0.5) is 5.69 Å². The van der Waals surface area contributed by atoms with Gasteiger partial charge in [-0.2, -0.15) is 5.10 Å². The summed E-state index contributed by atoms with van der Waals surface area (Å²) in [7, 11) is 0. The van der Waals surface area contributed by atoms with E-state index in [0.29, 0.717) is 40.7 Å². The van der Waals surface area contributed by atoms with Gasteiger partial charge in [0.15, 0.2) is 17.2 Å². The number of rotatable bonds is 6. The van der Waals surface area contributed by atoms with Crippen molar-refractivity contribution in [3.8, 4) is 33.2 Å². The van der Waals surface area contributed by atoms with Crippen LogP contribution in [0.15, 0.2) is 55.0 Å². The van der Waals surface area contributed by atoms with E-state index in [0.717, 1.165) is 45.6 Å². The van der Waals surface area contributed by atoms with Crippen LogP contribution in [0, 0.1) is 12.8 Å². The summed E-state index contributed by atoms with van der Waals surface area (Å²) in [6, 6.07) is 12.0. The second-order valence-corrected chi connectivity index (χ2v) is 11.7. The first-order valence-electron chi connectivity index (χ1n) is 13.6. The van der Waals surface area contributed by atoms with Crippen LogP contribution in [0.25, 0.3) is 55.4 Å². The van der Waals surface area contributed by atoms with Crippen LogP contribution in [0.3, 0.4) is 0 Å². The fourth-order valence-corrected chi connectivity index (χ4v) is 6.45. The number of carbonyl (C=O) groups is 1. The lowest BCUT2D eigenvalue weighted by atomic mass is 9.87. The number of fused-ring (bicyclic) bond motifs is 2. The molecule has 9 nitrogen and oxygen atoms in total. The van der Waals surface area contributed by atoms with Gasteiger partial charge in [0.2, 0.25) is 5.91 Å². The lowest BCUT2D eigenvalue weighted by Crippen LogP contribution is -2.18. The minimum Gasteiger partial charge on any atom is -0.335 e. The smallest absolute Gasteiger partial charge is 0.224 e. The molecule has 0 radical (unpaired) electrons. The summed E-state index contributed by atoms with van der Waals surface area (Å²) in [5.74, 6) is 1.12. The highest BCUT2D eigenvalue weighted by molar-refractivity contribution is 7.15. The number of aromatic nitrogens is 7. The molecule has 0 saturated heterocycles. The van der Waals surface area contributed by atoms with Crippen molar-refractivity contribution in [2.75, 3.05) is 5.32 Å². The lowest BCUT2D eigenvalue weighted by Gasteiger charge is -2.20. The predicted molar refractivity (Wildman–Crippen MR) is 158 cm³/mol. The van der Waals surface area contributed by atoms with Crippen LogP contribution in [-0.2, 0) is 4.79 Å². The monoisotopic (exact) mass is 548 g/mol. The molecule has 3 N–H and O–H groups in total. The topological polar surface area (TPSA) is 125 Å². The second kappa shape index (κ2) is 10.3. The van der Waals surface area contributed by atoms with Gasteiger partial charge in [0.05, 0.1) is 28.6 Å². The van der Waals surface area contributed by atoms with Crippen LogP contribution in [0.1, 0.15) is 43.4 Å². The molecule has 1 aliphatic rings. The number of pyridine rings is 3. The zero-order valence-electron chi connectivity index (χ0n) is 22.1. The van der Waals surface area contributed by atoms with Gasteiger partial charge in [-0.1, -0.05) is 19.3 Å². The standard InChI is InChI=1S/C30H28N8OS/c1-17-7-10-24(40-17)21-11-12-32-29-26(21)35-30(36-29)28-27-23(37-38-28)9-8-22(34-27)19-14-20(16-31-15-19)33-25(39)13-18-5-3-2-4-6-18/h7-12,14-16,18H,2-6,13H2,1H3,(H,33,39)(H,37,38)(H,32,35,36). The molecule has 6 aromatic rings. The van der Waals surface area contributed by atoms with E-state index in [1.54, 1.807) is 29.9 Å². The van der Waals surface area contributed by atoms with Gasteiger partial charge in [-0.25, -0.2) is 15.0 Å². The van der Waals surface area contributed by atoms with E-state index in [1.807, 2.05) is 24.3 Å². The second-order valence-electron chi connectivity index (χ2n) is 10.4. The highest BCUT2D eigenvalue weighted by atomic mass is 32.1. The fraction of sp³-hybridized carbons (Fsp3) is 0.267. The number of nitrogens with zero attached hydrogens (tertiary/aromatic N) is 5. The zero-order chi connectivity index (χ0) is 27.1. The maximum absolute atomic E-state index is 12.7. The van der Waals surface area contributed by atoms with E-state index < -0.39 is 0 Å². The largest absolute Gasteiger partial charge is 0.335 e. The van der Waals surface area contributed by atoms with Crippen molar-refractivity contribution in [3.05, 3.63) is 59.9 Å². The predicted octanol–water partition coefficient (Wildman–Crippen LogP) is 6.90. The number of hydrogen-bond acceptors (Lipinski definition) is 7. The molecule has 7 rings (SSSR count). The molecule has 0 aromatic carbocycles. The number of amides is 1. The van der Waals surface area contributed by atoms with Gasteiger partial charge in [0.25, 0.3) is 0 Å². The summed E-state index contributed by atoms with van der Waals surface area (Å²) in [4.78, 5) is 37.1. The first-order chi connectivity index (χ1) is 19.6. The Morgan fingerprint density at radius 3 is 2.83 bits per heavy atom. The molecular formula is C30H28N8OS. The Morgan fingerprint density at radius 2 is 1.98 bits per heavy atom. The molecule has 0 aliphatic heterocycles. The van der Waals surface area contributed by atoms with Gasteiger partial charge in [0, 0.05) is 39.7 Å². The van der Waals surface area contributed by atoms with Crippen LogP contribution >= 0.6 is 11.3 Å². The Balaban J connectivity index is 1.19. The van der Waals surface area contributed by atoms with Crippen molar-refractivity contribution >= 4 is 45.1 Å². The quantitative estimate of drug-likeness (QED) is 0.208. The number of imidazole rings is 1. The third-order valence-electron chi connectivity index (χ3n) is 7.55. The molecule has 0 atom stereocenters. The Labute approximate surface area is 234 Å². The van der Waals surface area contributed by atoms with Gasteiger partial charge in [-0.05, 0) is 62.1 Å². The van der Waals surface area contributed by atoms with Crippen molar-refractivity contribution in [1.29, 1.82) is 0 Å². The van der Waals surface area contributed by atoms with E-state index in [-0.39, 0.29) is 5.91 Å². The summed E-state index contributed by atoms with van der Waals surface area (Å²) in [6.45, 7) is 2.10. The molecule has 0 unspecified atom stereocenters. The fourth-order valence-electron chi connectivity index (χ4n) is 5.55. The van der Waals surface area contributed by atoms with Crippen molar-refractivity contribution in [2.45, 2.75) is 45.4 Å². The average molecular weight is 549 g/mol. The summed E-state index contributed by atoms with van der Waals surface area (Å²) >= 11 is 1.74. The number of H-pyrrole nitrogens is 2. The molecule has 40 heavy (non-hydrogen) atoms. The van der Waals surface area contributed by atoms with E-state index in [2.05, 4.69) is 49.5 Å². The van der Waals surface area contributed by atoms with Gasteiger partial charge in [-0.15, -0.1) is 11.3 Å². The molecule has 1 amide bonds. The Morgan fingerprint density at radius 1 is 1.07 bits per heavy atom. The molecule has 0 bridgehead atoms. The van der Waals surface area contributed by atoms with Crippen molar-refractivity contribution in [2.24, 2.45) is 5.92 Å². The van der Waals surface area contributed by atoms with E-state index in [4.69, 9.17) is 9.97 Å². The number of nitrogens with one attached hydrogen (secondary N) is 3. The average Bonchev–Trinajstić information content (AvgIpc) is 3.71. The highest BCUT2D eigenvalue weighted by Gasteiger charge is 2.19. The molecule has 0 spiro atoms. The maximum Gasteiger partial charge on any atom is 0.224 e. The van der Waals surface area contributed by atoms with Gasteiger partial charge < -0.3 is 10.3 Å². The number of carbonyl (C=O) groups excluding carboxylic acids is 1. The Hall–Kier alpha value is -4.44. The SMILES string of the molecule is Cc1ccc(-c2ccnc3nc(-c4n[nH]c5ccc(-c6cncc(NC(=O)CC7CCCCC7)c6)nc45)[nH]c23)s1. The molecule has 1 saturated carbocycles. The summed E-state index contributed by atoms with van der Waals surface area (Å²) in [5, 5.41) is 10.6. The molecule has 10 heteroatoms. The number of anilines is 1. The number of thiophene rings is 1. The van der Waals surface area contributed by atoms with Crippen LogP contribution in [0.2, 0.25) is 0 Å². The Kier molecular flexibility index (Phi) is 6.31. The van der Waals surface area contributed by atoms with Crippen LogP contribution in [0.5, 0.6) is 0 Å². The molecule has 6 heterocycles. The number of aryl methyl sites for hydroxylation is 1. The summed E-state index contributed by atoms with van der Waals surface area (Å²) in [5.41, 5.74) is 6.88. The van der Waals surface area contributed by atoms with E-state index in [9.17, 15) is 4.79 Å². The highest BCUT2D eigenvalue weighted by Crippen LogP contribution is 2.34. The van der Waals surface area contributed by atoms with Gasteiger partial charge in [-0.3, -0.25) is 14.9 Å². The number of hydrogen-bond donors (Lipinski definition) is 3. The molecule has 1 fully saturated rings. The minimum atomic E-state index is 0.0435.